The van der Waals surface area contributed by atoms with Crippen molar-refractivity contribution in [1.29, 1.82) is 0 Å². The van der Waals surface area contributed by atoms with Crippen LogP contribution in [0.3, 0.4) is 0 Å². The van der Waals surface area contributed by atoms with Gasteiger partial charge in [0.1, 0.15) is 6.04 Å². The molecule has 0 aliphatic heterocycles. The quantitative estimate of drug-likeness (QED) is 0.727. The number of ketones is 1. The number of hydrogen-bond acceptors (Lipinski definition) is 3. The summed E-state index contributed by atoms with van der Waals surface area (Å²) in [6, 6.07) is 8.76. The van der Waals surface area contributed by atoms with Gasteiger partial charge in [-0.15, -0.1) is 0 Å². The predicted octanol–water partition coefficient (Wildman–Crippen LogP) is 3.80. The molecule has 5 nitrogen and oxygen atoms in total. The standard InChI is InChI=1S/C20H30N2O3/c1-6-21(7-2)14-13-18(23)17(15-16-11-9-8-10-12-16)22(19(24)25)20(3,4)5/h8-14,17H,6-7,15H2,1-5H3,(H,24,25)/b14-13+/t17-/m0/s1. The number of rotatable bonds is 8. The maximum atomic E-state index is 12.9. The van der Waals surface area contributed by atoms with Crippen molar-refractivity contribution in [3.05, 3.63) is 48.2 Å². The zero-order chi connectivity index (χ0) is 19.0. The highest BCUT2D eigenvalue weighted by atomic mass is 16.4. The van der Waals surface area contributed by atoms with E-state index in [4.69, 9.17) is 0 Å². The molecule has 0 aliphatic carbocycles. The SMILES string of the molecule is CCN(/C=C/C(=O)[C@H](Cc1ccccc1)N(C(=O)O)C(C)(C)C)CC. The summed E-state index contributed by atoms with van der Waals surface area (Å²) in [4.78, 5) is 28.0. The summed E-state index contributed by atoms with van der Waals surface area (Å²) < 4.78 is 0. The molecule has 0 saturated heterocycles. The molecule has 0 bridgehead atoms. The average Bonchev–Trinajstić information content (AvgIpc) is 2.54. The normalized spacial score (nSPS) is 12.8. The Labute approximate surface area is 150 Å². The van der Waals surface area contributed by atoms with Crippen LogP contribution in [0.15, 0.2) is 42.6 Å². The van der Waals surface area contributed by atoms with E-state index in [1.807, 2.05) is 49.1 Å². The Kier molecular flexibility index (Phi) is 7.68. The first-order valence-corrected chi connectivity index (χ1v) is 8.73. The Bertz CT molecular complexity index is 587. The minimum atomic E-state index is -1.09. The zero-order valence-electron chi connectivity index (χ0n) is 15.9. The van der Waals surface area contributed by atoms with Crippen LogP contribution in [0, 0.1) is 0 Å². The highest BCUT2D eigenvalue weighted by Crippen LogP contribution is 2.21. The monoisotopic (exact) mass is 346 g/mol. The van der Waals surface area contributed by atoms with Gasteiger partial charge in [0, 0.05) is 31.2 Å². The van der Waals surface area contributed by atoms with E-state index in [1.165, 1.54) is 11.0 Å². The first-order chi connectivity index (χ1) is 11.7. The fourth-order valence-corrected chi connectivity index (χ4v) is 2.77. The maximum absolute atomic E-state index is 12.9. The fourth-order valence-electron chi connectivity index (χ4n) is 2.77. The number of nitrogens with zero attached hydrogens (tertiary/aromatic N) is 2. The van der Waals surface area contributed by atoms with Crippen molar-refractivity contribution in [2.45, 2.75) is 52.6 Å². The molecule has 0 fully saturated rings. The van der Waals surface area contributed by atoms with E-state index in [1.54, 1.807) is 27.0 Å². The summed E-state index contributed by atoms with van der Waals surface area (Å²) in [6.07, 6.45) is 2.52. The third-order valence-corrected chi connectivity index (χ3v) is 4.10. The van der Waals surface area contributed by atoms with Gasteiger partial charge in [-0.1, -0.05) is 30.3 Å². The van der Waals surface area contributed by atoms with Crippen molar-refractivity contribution in [3.8, 4) is 0 Å². The van der Waals surface area contributed by atoms with Crippen LogP contribution in [0.4, 0.5) is 4.79 Å². The van der Waals surface area contributed by atoms with Crippen LogP contribution in [0.25, 0.3) is 0 Å². The topological polar surface area (TPSA) is 60.9 Å². The Balaban J connectivity index is 3.17. The van der Waals surface area contributed by atoms with E-state index >= 15 is 0 Å². The van der Waals surface area contributed by atoms with Gasteiger partial charge in [0.05, 0.1) is 0 Å². The van der Waals surface area contributed by atoms with E-state index in [-0.39, 0.29) is 5.78 Å². The third-order valence-electron chi connectivity index (χ3n) is 4.10. The average molecular weight is 346 g/mol. The summed E-state index contributed by atoms with van der Waals surface area (Å²) in [6.45, 7) is 11.0. The van der Waals surface area contributed by atoms with Crippen molar-refractivity contribution in [1.82, 2.24) is 9.80 Å². The Hall–Kier alpha value is -2.30. The molecule has 138 valence electrons. The van der Waals surface area contributed by atoms with Crippen LogP contribution in [0.5, 0.6) is 0 Å². The molecule has 0 saturated carbocycles. The molecule has 1 amide bonds. The van der Waals surface area contributed by atoms with Gasteiger partial charge in [0.25, 0.3) is 0 Å². The predicted molar refractivity (Wildman–Crippen MR) is 101 cm³/mol. The van der Waals surface area contributed by atoms with Crippen LogP contribution in [0.1, 0.15) is 40.2 Å². The lowest BCUT2D eigenvalue weighted by Crippen LogP contribution is -2.54. The van der Waals surface area contributed by atoms with Crippen molar-refractivity contribution < 1.29 is 14.7 Å². The molecule has 0 unspecified atom stereocenters. The van der Waals surface area contributed by atoms with Crippen LogP contribution in [-0.4, -0.2) is 51.5 Å². The first kappa shape index (κ1) is 20.7. The molecular formula is C20H30N2O3. The summed E-state index contributed by atoms with van der Waals surface area (Å²) in [5.74, 6) is -0.201. The lowest BCUT2D eigenvalue weighted by Gasteiger charge is -2.38. The number of carboxylic acid groups (broad SMARTS) is 1. The lowest BCUT2D eigenvalue weighted by molar-refractivity contribution is -0.120. The second-order valence-electron chi connectivity index (χ2n) is 6.97. The summed E-state index contributed by atoms with van der Waals surface area (Å²) in [7, 11) is 0. The first-order valence-electron chi connectivity index (χ1n) is 8.73. The van der Waals surface area contributed by atoms with Crippen molar-refractivity contribution >= 4 is 11.9 Å². The van der Waals surface area contributed by atoms with Crippen LogP contribution in [0.2, 0.25) is 0 Å². The van der Waals surface area contributed by atoms with Crippen LogP contribution < -0.4 is 0 Å². The maximum Gasteiger partial charge on any atom is 0.408 e. The summed E-state index contributed by atoms with van der Waals surface area (Å²) in [5.41, 5.74) is 0.261. The highest BCUT2D eigenvalue weighted by Gasteiger charge is 2.36. The molecule has 1 aromatic carbocycles. The molecule has 1 atom stereocenters. The number of carbonyl (C=O) groups is 2. The van der Waals surface area contributed by atoms with Crippen molar-refractivity contribution in [2.75, 3.05) is 13.1 Å². The Morgan fingerprint density at radius 1 is 1.12 bits per heavy atom. The Morgan fingerprint density at radius 3 is 2.12 bits per heavy atom. The minimum Gasteiger partial charge on any atom is -0.465 e. The molecule has 0 aromatic heterocycles. The number of benzene rings is 1. The molecule has 0 aliphatic rings. The van der Waals surface area contributed by atoms with E-state index in [0.29, 0.717) is 6.42 Å². The molecule has 0 radical (unpaired) electrons. The molecule has 0 spiro atoms. The van der Waals surface area contributed by atoms with Gasteiger partial charge >= 0.3 is 6.09 Å². The van der Waals surface area contributed by atoms with Crippen molar-refractivity contribution in [2.24, 2.45) is 0 Å². The van der Waals surface area contributed by atoms with Crippen LogP contribution in [-0.2, 0) is 11.2 Å². The van der Waals surface area contributed by atoms with Gasteiger partial charge in [-0.25, -0.2) is 4.79 Å². The summed E-state index contributed by atoms with van der Waals surface area (Å²) >= 11 is 0. The molecule has 1 rings (SSSR count). The smallest absolute Gasteiger partial charge is 0.408 e. The van der Waals surface area contributed by atoms with Crippen LogP contribution >= 0.6 is 0 Å². The number of carbonyl (C=O) groups excluding carboxylic acids is 1. The van der Waals surface area contributed by atoms with E-state index in [9.17, 15) is 14.7 Å². The summed E-state index contributed by atoms with van der Waals surface area (Å²) in [5, 5.41) is 9.72. The zero-order valence-corrected chi connectivity index (χ0v) is 15.9. The molecule has 5 heteroatoms. The molecular weight excluding hydrogens is 316 g/mol. The molecule has 1 N–H and O–H groups in total. The van der Waals surface area contributed by atoms with Gasteiger partial charge in [-0.05, 0) is 46.3 Å². The molecule has 25 heavy (non-hydrogen) atoms. The Morgan fingerprint density at radius 2 is 1.68 bits per heavy atom. The van der Waals surface area contributed by atoms with Gasteiger partial charge < -0.3 is 10.0 Å². The van der Waals surface area contributed by atoms with Gasteiger partial charge in [0.15, 0.2) is 5.78 Å². The van der Waals surface area contributed by atoms with Crippen molar-refractivity contribution in [3.63, 3.8) is 0 Å². The molecule has 0 heterocycles. The number of hydrogen-bond donors (Lipinski definition) is 1. The second kappa shape index (κ2) is 9.25. The lowest BCUT2D eigenvalue weighted by atomic mass is 9.95. The second-order valence-corrected chi connectivity index (χ2v) is 6.97. The van der Waals surface area contributed by atoms with E-state index < -0.39 is 17.7 Å². The van der Waals surface area contributed by atoms with E-state index in [0.717, 1.165) is 18.7 Å². The number of amides is 1. The van der Waals surface area contributed by atoms with Gasteiger partial charge in [0.2, 0.25) is 0 Å². The van der Waals surface area contributed by atoms with Gasteiger partial charge in [-0.2, -0.15) is 0 Å². The minimum absolute atomic E-state index is 0.201. The van der Waals surface area contributed by atoms with E-state index in [2.05, 4.69) is 0 Å². The highest BCUT2D eigenvalue weighted by molar-refractivity contribution is 5.96. The molecule has 1 aromatic rings. The fraction of sp³-hybridized carbons (Fsp3) is 0.500. The van der Waals surface area contributed by atoms with Gasteiger partial charge in [-0.3, -0.25) is 9.69 Å². The third kappa shape index (κ3) is 6.25. The largest absolute Gasteiger partial charge is 0.465 e.